The highest BCUT2D eigenvalue weighted by Gasteiger charge is 2.19. The number of hydrogen-bond donors (Lipinski definition) is 1. The van der Waals surface area contributed by atoms with E-state index in [4.69, 9.17) is 0 Å². The molecule has 1 heterocycles. The van der Waals surface area contributed by atoms with Gasteiger partial charge >= 0.3 is 0 Å². The summed E-state index contributed by atoms with van der Waals surface area (Å²) in [5, 5.41) is 9.67. The summed E-state index contributed by atoms with van der Waals surface area (Å²) in [6.07, 6.45) is 1.76. The lowest BCUT2D eigenvalue weighted by Crippen LogP contribution is -2.48. The number of nitrogens with zero attached hydrogens (tertiary/aromatic N) is 2. The molecule has 0 radical (unpaired) electrons. The first-order valence-corrected chi connectivity index (χ1v) is 4.84. The topological polar surface area (TPSA) is 26.7 Å². The van der Waals surface area contributed by atoms with Crippen LogP contribution in [0.15, 0.2) is 0 Å². The fraction of sp³-hybridized carbons (Fsp3) is 1.00. The molecule has 0 aromatic heterocycles. The third kappa shape index (κ3) is 2.73. The molecule has 0 bridgehead atoms. The zero-order valence-corrected chi connectivity index (χ0v) is 8.16. The minimum atomic E-state index is -0.205. The Labute approximate surface area is 75.0 Å². The van der Waals surface area contributed by atoms with E-state index < -0.39 is 0 Å². The van der Waals surface area contributed by atoms with Gasteiger partial charge in [0.15, 0.2) is 0 Å². The highest BCUT2D eigenvalue weighted by molar-refractivity contribution is 4.70. The van der Waals surface area contributed by atoms with Crippen molar-refractivity contribution in [3.05, 3.63) is 0 Å². The highest BCUT2D eigenvalue weighted by atomic mass is 16.3. The Kier molecular flexibility index (Phi) is 3.98. The summed E-state index contributed by atoms with van der Waals surface area (Å²) in [6.45, 7) is 6.30. The van der Waals surface area contributed by atoms with Crippen molar-refractivity contribution in [3.8, 4) is 0 Å². The molecular formula is C9H20N2O. The van der Waals surface area contributed by atoms with Crippen molar-refractivity contribution in [2.24, 2.45) is 0 Å². The minimum Gasteiger partial charge on any atom is -0.378 e. The second-order valence-corrected chi connectivity index (χ2v) is 3.61. The Morgan fingerprint density at radius 2 is 1.83 bits per heavy atom. The molecule has 72 valence electrons. The first-order valence-electron chi connectivity index (χ1n) is 4.84. The van der Waals surface area contributed by atoms with Gasteiger partial charge in [0.1, 0.15) is 6.23 Å². The van der Waals surface area contributed by atoms with Crippen molar-refractivity contribution in [1.82, 2.24) is 9.80 Å². The Hall–Kier alpha value is -0.120. The molecule has 1 aliphatic heterocycles. The van der Waals surface area contributed by atoms with Gasteiger partial charge in [-0.05, 0) is 13.5 Å². The van der Waals surface area contributed by atoms with Gasteiger partial charge in [-0.1, -0.05) is 13.3 Å². The molecule has 3 heteroatoms. The van der Waals surface area contributed by atoms with Gasteiger partial charge in [0.2, 0.25) is 0 Å². The molecule has 12 heavy (non-hydrogen) atoms. The van der Waals surface area contributed by atoms with Crippen LogP contribution in [0.25, 0.3) is 0 Å². The zero-order valence-electron chi connectivity index (χ0n) is 8.16. The van der Waals surface area contributed by atoms with E-state index >= 15 is 0 Å². The van der Waals surface area contributed by atoms with Crippen LogP contribution in [0.5, 0.6) is 0 Å². The largest absolute Gasteiger partial charge is 0.378 e. The molecular weight excluding hydrogens is 152 g/mol. The molecule has 0 spiro atoms. The first kappa shape index (κ1) is 9.96. The molecule has 3 nitrogen and oxygen atoms in total. The van der Waals surface area contributed by atoms with Crippen LogP contribution in [0.4, 0.5) is 0 Å². The third-order valence-electron chi connectivity index (χ3n) is 2.51. The van der Waals surface area contributed by atoms with E-state index in [0.717, 1.165) is 39.0 Å². The van der Waals surface area contributed by atoms with E-state index in [-0.39, 0.29) is 6.23 Å². The SMILES string of the molecule is CCCC(O)N1CCN(C)CC1. The predicted molar refractivity (Wildman–Crippen MR) is 50.0 cm³/mol. The van der Waals surface area contributed by atoms with Crippen molar-refractivity contribution in [1.29, 1.82) is 0 Å². The Morgan fingerprint density at radius 3 is 2.33 bits per heavy atom. The lowest BCUT2D eigenvalue weighted by atomic mass is 10.2. The Balaban J connectivity index is 2.24. The first-order chi connectivity index (χ1) is 5.74. The van der Waals surface area contributed by atoms with Crippen LogP contribution in [-0.4, -0.2) is 54.4 Å². The van der Waals surface area contributed by atoms with E-state index in [1.807, 2.05) is 0 Å². The zero-order chi connectivity index (χ0) is 8.97. The molecule has 1 N–H and O–H groups in total. The summed E-state index contributed by atoms with van der Waals surface area (Å²) in [5.74, 6) is 0. The van der Waals surface area contributed by atoms with Crippen LogP contribution >= 0.6 is 0 Å². The quantitative estimate of drug-likeness (QED) is 0.665. The highest BCUT2D eigenvalue weighted by Crippen LogP contribution is 2.07. The van der Waals surface area contributed by atoms with E-state index in [0.29, 0.717) is 0 Å². The molecule has 1 fully saturated rings. The molecule has 1 rings (SSSR count). The van der Waals surface area contributed by atoms with Gasteiger partial charge in [-0.25, -0.2) is 0 Å². The van der Waals surface area contributed by atoms with Crippen molar-refractivity contribution in [2.75, 3.05) is 33.2 Å². The van der Waals surface area contributed by atoms with E-state index in [1.165, 1.54) is 0 Å². The summed E-state index contributed by atoms with van der Waals surface area (Å²) < 4.78 is 0. The lowest BCUT2D eigenvalue weighted by molar-refractivity contribution is -0.0262. The summed E-state index contributed by atoms with van der Waals surface area (Å²) in [7, 11) is 2.13. The Morgan fingerprint density at radius 1 is 1.25 bits per heavy atom. The molecule has 1 unspecified atom stereocenters. The van der Waals surface area contributed by atoms with Crippen LogP contribution in [0.1, 0.15) is 19.8 Å². The van der Waals surface area contributed by atoms with Crippen molar-refractivity contribution >= 4 is 0 Å². The van der Waals surface area contributed by atoms with Crippen LogP contribution < -0.4 is 0 Å². The van der Waals surface area contributed by atoms with E-state index in [9.17, 15) is 5.11 Å². The number of rotatable bonds is 3. The predicted octanol–water partition coefficient (Wildman–Crippen LogP) is 0.352. The molecule has 1 aliphatic rings. The summed E-state index contributed by atoms with van der Waals surface area (Å²) in [4.78, 5) is 4.47. The lowest BCUT2D eigenvalue weighted by Gasteiger charge is -2.35. The van der Waals surface area contributed by atoms with Crippen LogP contribution in [0.2, 0.25) is 0 Å². The fourth-order valence-electron chi connectivity index (χ4n) is 1.56. The number of likely N-dealkylation sites (N-methyl/N-ethyl adjacent to an activating group) is 1. The molecule has 0 saturated carbocycles. The summed E-state index contributed by atoms with van der Waals surface area (Å²) in [6, 6.07) is 0. The molecule has 0 aromatic rings. The van der Waals surface area contributed by atoms with E-state index in [2.05, 4.69) is 23.8 Å². The van der Waals surface area contributed by atoms with Crippen molar-refractivity contribution in [3.63, 3.8) is 0 Å². The monoisotopic (exact) mass is 172 g/mol. The summed E-state index contributed by atoms with van der Waals surface area (Å²) >= 11 is 0. The van der Waals surface area contributed by atoms with Crippen LogP contribution in [-0.2, 0) is 0 Å². The molecule has 1 atom stereocenters. The standard InChI is InChI=1S/C9H20N2O/c1-3-4-9(12)11-7-5-10(2)6-8-11/h9,12H,3-8H2,1-2H3. The van der Waals surface area contributed by atoms with Crippen LogP contribution in [0.3, 0.4) is 0 Å². The third-order valence-corrected chi connectivity index (χ3v) is 2.51. The van der Waals surface area contributed by atoms with Crippen molar-refractivity contribution < 1.29 is 5.11 Å². The van der Waals surface area contributed by atoms with Gasteiger partial charge in [-0.15, -0.1) is 0 Å². The normalized spacial score (nSPS) is 24.2. The van der Waals surface area contributed by atoms with Gasteiger partial charge in [-0.3, -0.25) is 4.90 Å². The number of aliphatic hydroxyl groups is 1. The van der Waals surface area contributed by atoms with Gasteiger partial charge in [0.25, 0.3) is 0 Å². The number of piperazine rings is 1. The molecule has 0 amide bonds. The number of aliphatic hydroxyl groups excluding tert-OH is 1. The van der Waals surface area contributed by atoms with Crippen molar-refractivity contribution in [2.45, 2.75) is 26.0 Å². The maximum absolute atomic E-state index is 9.67. The molecule has 0 aromatic carbocycles. The molecule has 0 aliphatic carbocycles. The average molecular weight is 172 g/mol. The second kappa shape index (κ2) is 4.80. The summed E-state index contributed by atoms with van der Waals surface area (Å²) in [5.41, 5.74) is 0. The van der Waals surface area contributed by atoms with Gasteiger partial charge in [-0.2, -0.15) is 0 Å². The van der Waals surface area contributed by atoms with Gasteiger partial charge in [0, 0.05) is 26.2 Å². The van der Waals surface area contributed by atoms with Gasteiger partial charge < -0.3 is 10.0 Å². The fourth-order valence-corrected chi connectivity index (χ4v) is 1.56. The van der Waals surface area contributed by atoms with E-state index in [1.54, 1.807) is 0 Å². The van der Waals surface area contributed by atoms with Crippen LogP contribution in [0, 0.1) is 0 Å². The minimum absolute atomic E-state index is 0.205. The smallest absolute Gasteiger partial charge is 0.107 e. The molecule has 1 saturated heterocycles. The average Bonchev–Trinajstić information content (AvgIpc) is 2.06. The Bertz CT molecular complexity index is 122. The maximum Gasteiger partial charge on any atom is 0.107 e. The number of hydrogen-bond acceptors (Lipinski definition) is 3. The second-order valence-electron chi connectivity index (χ2n) is 3.61. The maximum atomic E-state index is 9.67. The van der Waals surface area contributed by atoms with Gasteiger partial charge in [0.05, 0.1) is 0 Å².